The number of carbonyl (C=O) groups excluding carboxylic acids is 1. The summed E-state index contributed by atoms with van der Waals surface area (Å²) in [4.78, 5) is 24.1. The third kappa shape index (κ3) is 6.28. The summed E-state index contributed by atoms with van der Waals surface area (Å²) >= 11 is 1.71. The van der Waals surface area contributed by atoms with E-state index in [9.17, 15) is 4.79 Å². The summed E-state index contributed by atoms with van der Waals surface area (Å²) in [5, 5.41) is 10.6. The summed E-state index contributed by atoms with van der Waals surface area (Å²) in [5.41, 5.74) is 1.07. The van der Waals surface area contributed by atoms with Crippen LogP contribution in [0.2, 0.25) is 0 Å². The van der Waals surface area contributed by atoms with Gasteiger partial charge in [0, 0.05) is 37.6 Å². The zero-order valence-electron chi connectivity index (χ0n) is 15.7. The molecule has 2 rings (SSSR count). The molecule has 0 saturated carbocycles. The van der Waals surface area contributed by atoms with Gasteiger partial charge in [-0.2, -0.15) is 0 Å². The minimum absolute atomic E-state index is 0.0801. The van der Waals surface area contributed by atoms with Crippen molar-refractivity contribution in [3.63, 3.8) is 0 Å². The molecule has 0 radical (unpaired) electrons. The van der Waals surface area contributed by atoms with Gasteiger partial charge in [0.25, 0.3) is 0 Å². The standard InChI is InChI=1S/C17H30N6OS/c1-5-19-17(20-10-15-12(2)21-13(3)25-15)22-14-6-8-23(9-7-14)11-16(24)18-4/h14H,5-11H2,1-4H3,(H,18,24)(H2,19,20,22). The van der Waals surface area contributed by atoms with Crippen molar-refractivity contribution in [2.24, 2.45) is 4.99 Å². The minimum atomic E-state index is 0.0801. The van der Waals surface area contributed by atoms with Crippen molar-refractivity contribution < 1.29 is 4.79 Å². The van der Waals surface area contributed by atoms with Crippen LogP contribution < -0.4 is 16.0 Å². The van der Waals surface area contributed by atoms with Crippen molar-refractivity contribution in [1.82, 2.24) is 25.8 Å². The number of guanidine groups is 1. The Bertz CT molecular complexity index is 592. The van der Waals surface area contributed by atoms with Gasteiger partial charge < -0.3 is 16.0 Å². The molecule has 1 aromatic rings. The van der Waals surface area contributed by atoms with E-state index in [1.54, 1.807) is 18.4 Å². The van der Waals surface area contributed by atoms with Crippen LogP contribution in [0.25, 0.3) is 0 Å². The second-order valence-electron chi connectivity index (χ2n) is 6.30. The lowest BCUT2D eigenvalue weighted by Crippen LogP contribution is -2.50. The first-order chi connectivity index (χ1) is 12.0. The van der Waals surface area contributed by atoms with E-state index in [1.165, 1.54) is 4.88 Å². The molecule has 0 spiro atoms. The Labute approximate surface area is 154 Å². The fourth-order valence-corrected chi connectivity index (χ4v) is 3.76. The summed E-state index contributed by atoms with van der Waals surface area (Å²) in [6.45, 7) is 9.98. The molecule has 1 aliphatic heterocycles. The molecule has 7 nitrogen and oxygen atoms in total. The SMILES string of the molecule is CCNC(=NCc1sc(C)nc1C)NC1CCN(CC(=O)NC)CC1. The number of hydrogen-bond acceptors (Lipinski definition) is 5. The van der Waals surface area contributed by atoms with Crippen LogP contribution in [0.3, 0.4) is 0 Å². The molecule has 1 amide bonds. The van der Waals surface area contributed by atoms with E-state index >= 15 is 0 Å². The van der Waals surface area contributed by atoms with Crippen LogP contribution in [0.4, 0.5) is 0 Å². The predicted molar refractivity (Wildman–Crippen MR) is 103 cm³/mol. The Morgan fingerprint density at radius 2 is 2.08 bits per heavy atom. The van der Waals surface area contributed by atoms with Gasteiger partial charge in [0.05, 0.1) is 23.8 Å². The highest BCUT2D eigenvalue weighted by Gasteiger charge is 2.21. The molecular formula is C17H30N6OS. The van der Waals surface area contributed by atoms with Crippen molar-refractivity contribution in [1.29, 1.82) is 0 Å². The maximum Gasteiger partial charge on any atom is 0.233 e. The number of thiazole rings is 1. The molecule has 25 heavy (non-hydrogen) atoms. The number of nitrogens with zero attached hydrogens (tertiary/aromatic N) is 3. The quantitative estimate of drug-likeness (QED) is 0.517. The number of nitrogens with one attached hydrogen (secondary N) is 3. The number of aromatic nitrogens is 1. The van der Waals surface area contributed by atoms with Gasteiger partial charge in [-0.25, -0.2) is 9.98 Å². The Morgan fingerprint density at radius 3 is 2.64 bits per heavy atom. The van der Waals surface area contributed by atoms with E-state index in [1.807, 2.05) is 13.8 Å². The zero-order chi connectivity index (χ0) is 18.2. The summed E-state index contributed by atoms with van der Waals surface area (Å²) in [6, 6.07) is 0.392. The topological polar surface area (TPSA) is 81.7 Å². The van der Waals surface area contributed by atoms with Crippen LogP contribution >= 0.6 is 11.3 Å². The molecule has 1 saturated heterocycles. The minimum Gasteiger partial charge on any atom is -0.358 e. The van der Waals surface area contributed by atoms with Gasteiger partial charge in [0.1, 0.15) is 0 Å². The van der Waals surface area contributed by atoms with Gasteiger partial charge in [0.2, 0.25) is 5.91 Å². The highest BCUT2D eigenvalue weighted by atomic mass is 32.1. The smallest absolute Gasteiger partial charge is 0.233 e. The number of aliphatic imine (C=N–C) groups is 1. The highest BCUT2D eigenvalue weighted by molar-refractivity contribution is 7.11. The van der Waals surface area contributed by atoms with Crippen LogP contribution in [0, 0.1) is 13.8 Å². The number of likely N-dealkylation sites (N-methyl/N-ethyl adjacent to an activating group) is 1. The van der Waals surface area contributed by atoms with Gasteiger partial charge in [-0.3, -0.25) is 9.69 Å². The molecule has 3 N–H and O–H groups in total. The van der Waals surface area contributed by atoms with E-state index in [2.05, 4.69) is 32.8 Å². The van der Waals surface area contributed by atoms with Gasteiger partial charge in [-0.1, -0.05) is 0 Å². The summed E-state index contributed by atoms with van der Waals surface area (Å²) in [7, 11) is 1.68. The Morgan fingerprint density at radius 1 is 1.36 bits per heavy atom. The largest absolute Gasteiger partial charge is 0.358 e. The molecule has 1 aliphatic rings. The van der Waals surface area contributed by atoms with Crippen molar-refractivity contribution >= 4 is 23.2 Å². The monoisotopic (exact) mass is 366 g/mol. The second-order valence-corrected chi connectivity index (χ2v) is 7.59. The lowest BCUT2D eigenvalue weighted by Gasteiger charge is -2.32. The van der Waals surface area contributed by atoms with Crippen LogP contribution in [-0.2, 0) is 11.3 Å². The predicted octanol–water partition coefficient (Wildman–Crippen LogP) is 1.03. The lowest BCUT2D eigenvalue weighted by molar-refractivity contribution is -0.122. The molecule has 1 aromatic heterocycles. The fourth-order valence-electron chi connectivity index (χ4n) is 2.90. The first-order valence-corrected chi connectivity index (χ1v) is 9.74. The molecular weight excluding hydrogens is 336 g/mol. The molecule has 0 bridgehead atoms. The van der Waals surface area contributed by atoms with Crippen molar-refractivity contribution in [2.45, 2.75) is 46.2 Å². The van der Waals surface area contributed by atoms with Crippen LogP contribution in [0.5, 0.6) is 0 Å². The molecule has 1 fully saturated rings. The highest BCUT2D eigenvalue weighted by Crippen LogP contribution is 2.18. The molecule has 0 aliphatic carbocycles. The van der Waals surface area contributed by atoms with E-state index in [0.29, 0.717) is 19.1 Å². The van der Waals surface area contributed by atoms with Gasteiger partial charge in [-0.05, 0) is 33.6 Å². The second kappa shape index (κ2) is 9.72. The molecule has 0 atom stereocenters. The summed E-state index contributed by atoms with van der Waals surface area (Å²) in [5.74, 6) is 0.939. The maximum atomic E-state index is 11.5. The third-order valence-electron chi connectivity index (χ3n) is 4.30. The number of aryl methyl sites for hydroxylation is 2. The number of amides is 1. The average Bonchev–Trinajstić information content (AvgIpc) is 2.92. The molecule has 0 aromatic carbocycles. The van der Waals surface area contributed by atoms with Gasteiger partial charge in [0.15, 0.2) is 5.96 Å². The van der Waals surface area contributed by atoms with E-state index in [4.69, 9.17) is 4.99 Å². The normalized spacial score (nSPS) is 16.7. The number of carbonyl (C=O) groups is 1. The molecule has 8 heteroatoms. The fraction of sp³-hybridized carbons (Fsp3) is 0.706. The number of hydrogen-bond donors (Lipinski definition) is 3. The molecule has 0 unspecified atom stereocenters. The Hall–Kier alpha value is -1.67. The van der Waals surface area contributed by atoms with Gasteiger partial charge >= 0.3 is 0 Å². The average molecular weight is 367 g/mol. The third-order valence-corrected chi connectivity index (χ3v) is 5.36. The number of rotatable bonds is 6. The molecule has 2 heterocycles. The summed E-state index contributed by atoms with van der Waals surface area (Å²) in [6.07, 6.45) is 2.03. The lowest BCUT2D eigenvalue weighted by atomic mass is 10.1. The molecule has 140 valence electrons. The van der Waals surface area contributed by atoms with Gasteiger partial charge in [-0.15, -0.1) is 11.3 Å². The van der Waals surface area contributed by atoms with Crippen molar-refractivity contribution in [2.75, 3.05) is 33.2 Å². The van der Waals surface area contributed by atoms with Crippen LogP contribution in [0.1, 0.15) is 35.3 Å². The van der Waals surface area contributed by atoms with Crippen molar-refractivity contribution in [3.8, 4) is 0 Å². The number of piperidine rings is 1. The zero-order valence-corrected chi connectivity index (χ0v) is 16.5. The first kappa shape index (κ1) is 19.7. The Balaban J connectivity index is 1.86. The van der Waals surface area contributed by atoms with Crippen molar-refractivity contribution in [3.05, 3.63) is 15.6 Å². The van der Waals surface area contributed by atoms with Crippen LogP contribution in [-0.4, -0.2) is 61.0 Å². The Kier molecular flexibility index (Phi) is 7.64. The first-order valence-electron chi connectivity index (χ1n) is 8.92. The number of likely N-dealkylation sites (tertiary alicyclic amines) is 1. The van der Waals surface area contributed by atoms with E-state index in [-0.39, 0.29) is 5.91 Å². The van der Waals surface area contributed by atoms with E-state index < -0.39 is 0 Å². The summed E-state index contributed by atoms with van der Waals surface area (Å²) < 4.78 is 0. The van der Waals surface area contributed by atoms with E-state index in [0.717, 1.165) is 49.1 Å². The van der Waals surface area contributed by atoms with Crippen LogP contribution in [0.15, 0.2) is 4.99 Å². The maximum absolute atomic E-state index is 11.5.